The molecule has 0 heterocycles. The molecule has 0 aromatic heterocycles. The number of fused-ring (bicyclic) bond motifs is 3. The average molecular weight is 314 g/mol. The summed E-state index contributed by atoms with van der Waals surface area (Å²) in [4.78, 5) is 12.4. The maximum atomic E-state index is 12.4. The predicted molar refractivity (Wildman–Crippen MR) is 89.3 cm³/mol. The molecule has 3 aliphatic carbocycles. The SMILES string of the molecule is O=C(NC1CCCCC1CO)NC1C2CCc3ccccc3C21. The van der Waals surface area contributed by atoms with Crippen molar-refractivity contribution in [2.45, 2.75) is 56.5 Å². The third-order valence-electron chi connectivity index (χ3n) is 6.09. The lowest BCUT2D eigenvalue weighted by Crippen LogP contribution is -2.48. The van der Waals surface area contributed by atoms with Crippen LogP contribution in [-0.2, 0) is 6.42 Å². The molecule has 4 rings (SSSR count). The zero-order chi connectivity index (χ0) is 15.8. The number of carbonyl (C=O) groups is 1. The molecular weight excluding hydrogens is 288 g/mol. The van der Waals surface area contributed by atoms with Gasteiger partial charge < -0.3 is 15.7 Å². The van der Waals surface area contributed by atoms with Crippen LogP contribution in [-0.4, -0.2) is 29.8 Å². The Bertz CT molecular complexity index is 588. The van der Waals surface area contributed by atoms with Gasteiger partial charge in [-0.2, -0.15) is 0 Å². The Hall–Kier alpha value is -1.55. The third kappa shape index (κ3) is 2.85. The summed E-state index contributed by atoms with van der Waals surface area (Å²) in [5, 5.41) is 15.8. The van der Waals surface area contributed by atoms with Gasteiger partial charge in [-0.15, -0.1) is 0 Å². The van der Waals surface area contributed by atoms with Crippen LogP contribution >= 0.6 is 0 Å². The van der Waals surface area contributed by atoms with Crippen molar-refractivity contribution < 1.29 is 9.90 Å². The molecule has 2 fully saturated rings. The van der Waals surface area contributed by atoms with Gasteiger partial charge >= 0.3 is 6.03 Å². The van der Waals surface area contributed by atoms with Crippen LogP contribution in [0.3, 0.4) is 0 Å². The summed E-state index contributed by atoms with van der Waals surface area (Å²) >= 11 is 0. The second-order valence-corrected chi connectivity index (χ2v) is 7.40. The monoisotopic (exact) mass is 314 g/mol. The summed E-state index contributed by atoms with van der Waals surface area (Å²) in [5.74, 6) is 1.33. The molecule has 2 saturated carbocycles. The molecule has 0 aliphatic heterocycles. The Morgan fingerprint density at radius 2 is 1.96 bits per heavy atom. The molecule has 4 nitrogen and oxygen atoms in total. The highest BCUT2D eigenvalue weighted by molar-refractivity contribution is 5.75. The van der Waals surface area contributed by atoms with Gasteiger partial charge in [0.15, 0.2) is 0 Å². The maximum Gasteiger partial charge on any atom is 0.315 e. The Balaban J connectivity index is 1.36. The van der Waals surface area contributed by atoms with Gasteiger partial charge in [0.05, 0.1) is 0 Å². The lowest BCUT2D eigenvalue weighted by molar-refractivity contribution is 0.153. The van der Waals surface area contributed by atoms with E-state index < -0.39 is 0 Å². The minimum absolute atomic E-state index is 0.0489. The van der Waals surface area contributed by atoms with Crippen molar-refractivity contribution in [3.8, 4) is 0 Å². The van der Waals surface area contributed by atoms with E-state index in [0.29, 0.717) is 11.8 Å². The van der Waals surface area contributed by atoms with E-state index in [2.05, 4.69) is 34.9 Å². The van der Waals surface area contributed by atoms with E-state index in [0.717, 1.165) is 32.1 Å². The standard InChI is InChI=1S/C19H26N2O2/c22-11-13-6-2-4-8-16(13)20-19(23)21-18-15-10-9-12-5-1-3-7-14(12)17(15)18/h1,3,5,7,13,15-18,22H,2,4,6,8-11H2,(H2,20,21,23). The van der Waals surface area contributed by atoms with E-state index in [1.165, 1.54) is 17.5 Å². The molecule has 1 aromatic carbocycles. The molecule has 5 atom stereocenters. The maximum absolute atomic E-state index is 12.4. The zero-order valence-corrected chi connectivity index (χ0v) is 13.5. The highest BCUT2D eigenvalue weighted by Gasteiger charge is 2.53. The molecule has 4 heteroatoms. The van der Waals surface area contributed by atoms with Crippen LogP contribution < -0.4 is 10.6 Å². The summed E-state index contributed by atoms with van der Waals surface area (Å²) in [6.45, 7) is 0.174. The first-order valence-corrected chi connectivity index (χ1v) is 9.03. The molecule has 3 N–H and O–H groups in total. The molecule has 0 spiro atoms. The molecule has 3 aliphatic rings. The first kappa shape index (κ1) is 15.0. The molecule has 0 saturated heterocycles. The van der Waals surface area contributed by atoms with Crippen LogP contribution in [0.1, 0.15) is 49.1 Å². The molecule has 0 radical (unpaired) electrons. The van der Waals surface area contributed by atoms with Gasteiger partial charge in [-0.1, -0.05) is 37.1 Å². The summed E-state index contributed by atoms with van der Waals surface area (Å²) in [6.07, 6.45) is 6.61. The highest BCUT2D eigenvalue weighted by Crippen LogP contribution is 2.54. The second-order valence-electron chi connectivity index (χ2n) is 7.40. The van der Waals surface area contributed by atoms with Crippen molar-refractivity contribution in [3.05, 3.63) is 35.4 Å². The summed E-state index contributed by atoms with van der Waals surface area (Å²) in [5.41, 5.74) is 2.88. The van der Waals surface area contributed by atoms with E-state index in [-0.39, 0.29) is 30.6 Å². The van der Waals surface area contributed by atoms with Crippen LogP contribution in [0.25, 0.3) is 0 Å². The van der Waals surface area contributed by atoms with Gasteiger partial charge in [-0.25, -0.2) is 4.79 Å². The van der Waals surface area contributed by atoms with Gasteiger partial charge in [-0.3, -0.25) is 0 Å². The smallest absolute Gasteiger partial charge is 0.315 e. The number of nitrogens with one attached hydrogen (secondary N) is 2. The van der Waals surface area contributed by atoms with Crippen LogP contribution in [0.2, 0.25) is 0 Å². The Morgan fingerprint density at radius 3 is 2.83 bits per heavy atom. The van der Waals surface area contributed by atoms with Crippen LogP contribution in [0.4, 0.5) is 4.79 Å². The van der Waals surface area contributed by atoms with E-state index in [9.17, 15) is 9.90 Å². The number of carbonyl (C=O) groups excluding carboxylic acids is 1. The zero-order valence-electron chi connectivity index (χ0n) is 13.5. The minimum atomic E-state index is -0.0489. The van der Waals surface area contributed by atoms with Gasteiger partial charge in [0, 0.05) is 30.5 Å². The molecule has 5 unspecified atom stereocenters. The normalized spacial score (nSPS) is 34.9. The number of aryl methyl sites for hydroxylation is 1. The Kier molecular flexibility index (Phi) is 4.02. The van der Waals surface area contributed by atoms with Crippen LogP contribution in [0, 0.1) is 11.8 Å². The quantitative estimate of drug-likeness (QED) is 0.803. The van der Waals surface area contributed by atoms with Gasteiger partial charge in [0.1, 0.15) is 0 Å². The average Bonchev–Trinajstić information content (AvgIpc) is 3.28. The molecule has 2 amide bonds. The number of aliphatic hydroxyl groups is 1. The lowest BCUT2D eigenvalue weighted by atomic mass is 9.85. The first-order chi connectivity index (χ1) is 11.3. The van der Waals surface area contributed by atoms with E-state index >= 15 is 0 Å². The largest absolute Gasteiger partial charge is 0.396 e. The van der Waals surface area contributed by atoms with E-state index in [4.69, 9.17) is 0 Å². The summed E-state index contributed by atoms with van der Waals surface area (Å²) in [7, 11) is 0. The van der Waals surface area contributed by atoms with Crippen LogP contribution in [0.5, 0.6) is 0 Å². The molecule has 23 heavy (non-hydrogen) atoms. The van der Waals surface area contributed by atoms with E-state index in [1.807, 2.05) is 0 Å². The fourth-order valence-electron chi connectivity index (χ4n) is 4.74. The highest BCUT2D eigenvalue weighted by atomic mass is 16.3. The van der Waals surface area contributed by atoms with Gasteiger partial charge in [-0.05, 0) is 42.7 Å². The molecule has 124 valence electrons. The topological polar surface area (TPSA) is 61.4 Å². The van der Waals surface area contributed by atoms with Crippen molar-refractivity contribution in [1.29, 1.82) is 0 Å². The fraction of sp³-hybridized carbons (Fsp3) is 0.632. The number of urea groups is 1. The second kappa shape index (κ2) is 6.16. The number of amides is 2. The molecule has 1 aromatic rings. The lowest BCUT2D eigenvalue weighted by Gasteiger charge is -2.30. The van der Waals surface area contributed by atoms with Crippen molar-refractivity contribution in [1.82, 2.24) is 10.6 Å². The predicted octanol–water partition coefficient (Wildman–Crippen LogP) is 2.57. The van der Waals surface area contributed by atoms with Gasteiger partial charge in [0.25, 0.3) is 0 Å². The molecule has 0 bridgehead atoms. The van der Waals surface area contributed by atoms with Crippen molar-refractivity contribution in [2.75, 3.05) is 6.61 Å². The number of aliphatic hydroxyl groups excluding tert-OH is 1. The number of benzene rings is 1. The molecular formula is C19H26N2O2. The Morgan fingerprint density at radius 1 is 1.13 bits per heavy atom. The first-order valence-electron chi connectivity index (χ1n) is 9.03. The fourth-order valence-corrected chi connectivity index (χ4v) is 4.74. The van der Waals surface area contributed by atoms with Gasteiger partial charge in [0.2, 0.25) is 0 Å². The summed E-state index contributed by atoms with van der Waals surface area (Å²) < 4.78 is 0. The van der Waals surface area contributed by atoms with Crippen molar-refractivity contribution >= 4 is 6.03 Å². The number of hydrogen-bond donors (Lipinski definition) is 3. The van der Waals surface area contributed by atoms with E-state index in [1.54, 1.807) is 0 Å². The van der Waals surface area contributed by atoms with Crippen molar-refractivity contribution in [3.63, 3.8) is 0 Å². The number of hydrogen-bond acceptors (Lipinski definition) is 2. The summed E-state index contributed by atoms with van der Waals surface area (Å²) in [6, 6.07) is 9.01. The Labute approximate surface area is 137 Å². The van der Waals surface area contributed by atoms with Crippen molar-refractivity contribution in [2.24, 2.45) is 11.8 Å². The third-order valence-corrected chi connectivity index (χ3v) is 6.09. The minimum Gasteiger partial charge on any atom is -0.396 e. The number of rotatable bonds is 3. The van der Waals surface area contributed by atoms with Crippen LogP contribution in [0.15, 0.2) is 24.3 Å².